The van der Waals surface area contributed by atoms with Crippen molar-refractivity contribution >= 4 is 5.91 Å². The number of piperidine rings is 1. The summed E-state index contributed by atoms with van der Waals surface area (Å²) in [5.74, 6) is 0.264. The second-order valence-electron chi connectivity index (χ2n) is 7.91. The summed E-state index contributed by atoms with van der Waals surface area (Å²) in [6.07, 6.45) is 10.4. The number of carbonyl (C=O) groups excluding carboxylic acids is 1. The summed E-state index contributed by atoms with van der Waals surface area (Å²) >= 11 is 0. The fourth-order valence-corrected chi connectivity index (χ4v) is 4.38. The van der Waals surface area contributed by atoms with E-state index in [0.29, 0.717) is 30.7 Å². The van der Waals surface area contributed by atoms with Gasteiger partial charge in [0.05, 0.1) is 12.2 Å². The van der Waals surface area contributed by atoms with Crippen molar-refractivity contribution in [2.24, 2.45) is 5.92 Å². The molecule has 0 spiro atoms. The summed E-state index contributed by atoms with van der Waals surface area (Å²) in [4.78, 5) is 14.6. The van der Waals surface area contributed by atoms with E-state index < -0.39 is 0 Å². The average molecular weight is 370 g/mol. The Morgan fingerprint density at radius 1 is 1.07 bits per heavy atom. The van der Waals surface area contributed by atoms with E-state index in [1.165, 1.54) is 25.3 Å². The maximum atomic E-state index is 13.8. The monoisotopic (exact) mass is 370 g/mol. The van der Waals surface area contributed by atoms with Gasteiger partial charge in [-0.1, -0.05) is 42.7 Å². The molecule has 1 aromatic heterocycles. The molecule has 1 aliphatic heterocycles. The first kappa shape index (κ1) is 18.1. The van der Waals surface area contributed by atoms with E-state index in [-0.39, 0.29) is 11.7 Å². The van der Waals surface area contributed by atoms with Crippen LogP contribution in [-0.2, 0) is 6.42 Å². The highest BCUT2D eigenvalue weighted by Gasteiger charge is 2.27. The van der Waals surface area contributed by atoms with Crippen LogP contribution >= 0.6 is 0 Å². The fraction of sp³-hybridized carbons (Fsp3) is 0.571. The van der Waals surface area contributed by atoms with Crippen LogP contribution in [0.15, 0.2) is 30.5 Å². The molecule has 1 saturated heterocycles. The third kappa shape index (κ3) is 4.20. The molecule has 2 fully saturated rings. The van der Waals surface area contributed by atoms with Crippen LogP contribution < -0.4 is 0 Å². The summed E-state index contributed by atoms with van der Waals surface area (Å²) in [7, 11) is 0. The molecule has 2 aliphatic rings. The van der Waals surface area contributed by atoms with E-state index in [9.17, 15) is 9.18 Å². The largest absolute Gasteiger partial charge is 0.337 e. The molecular weight excluding hydrogens is 343 g/mol. The Balaban J connectivity index is 1.32. The van der Waals surface area contributed by atoms with E-state index in [1.807, 2.05) is 27.9 Å². The van der Waals surface area contributed by atoms with Crippen molar-refractivity contribution in [2.75, 3.05) is 13.1 Å². The Hall–Kier alpha value is -2.24. The number of benzene rings is 1. The third-order valence-electron chi connectivity index (χ3n) is 6.05. The van der Waals surface area contributed by atoms with Gasteiger partial charge in [0.2, 0.25) is 0 Å². The minimum absolute atomic E-state index is 0.0265. The van der Waals surface area contributed by atoms with Crippen molar-refractivity contribution in [3.63, 3.8) is 0 Å². The number of nitrogens with zero attached hydrogens (tertiary/aromatic N) is 4. The molecular formula is C21H27FN4O. The maximum absolute atomic E-state index is 13.8. The van der Waals surface area contributed by atoms with Crippen molar-refractivity contribution < 1.29 is 9.18 Å². The van der Waals surface area contributed by atoms with Crippen LogP contribution in [0.3, 0.4) is 0 Å². The summed E-state index contributed by atoms with van der Waals surface area (Å²) in [5, 5.41) is 8.35. The molecule has 2 heterocycles. The van der Waals surface area contributed by atoms with Crippen LogP contribution in [0.1, 0.15) is 67.0 Å². The van der Waals surface area contributed by atoms with Gasteiger partial charge >= 0.3 is 0 Å². The van der Waals surface area contributed by atoms with Crippen LogP contribution in [0.5, 0.6) is 0 Å². The van der Waals surface area contributed by atoms with Crippen molar-refractivity contribution in [1.82, 2.24) is 19.9 Å². The normalized spacial score (nSPS) is 19.4. The molecule has 1 aliphatic carbocycles. The number of amides is 1. The summed E-state index contributed by atoms with van der Waals surface area (Å²) in [5.41, 5.74) is 1.23. The van der Waals surface area contributed by atoms with Gasteiger partial charge in [-0.05, 0) is 49.7 Å². The number of halogens is 1. The van der Waals surface area contributed by atoms with Gasteiger partial charge in [-0.15, -0.1) is 5.10 Å². The molecule has 4 rings (SSSR count). The molecule has 0 atom stereocenters. The summed E-state index contributed by atoms with van der Waals surface area (Å²) < 4.78 is 15.7. The molecule has 1 saturated carbocycles. The SMILES string of the molecule is O=C(c1cn(C2CCCCC2)nn1)N1CCC(Cc2ccccc2F)CC1. The molecule has 27 heavy (non-hydrogen) atoms. The van der Waals surface area contributed by atoms with E-state index in [4.69, 9.17) is 0 Å². The third-order valence-corrected chi connectivity index (χ3v) is 6.05. The van der Waals surface area contributed by atoms with Crippen molar-refractivity contribution in [3.8, 4) is 0 Å². The Labute approximate surface area is 159 Å². The molecule has 1 aromatic carbocycles. The molecule has 1 amide bonds. The first-order valence-corrected chi connectivity index (χ1v) is 10.1. The van der Waals surface area contributed by atoms with Gasteiger partial charge in [0, 0.05) is 13.1 Å². The predicted octanol–water partition coefficient (Wildman–Crippen LogP) is 4.02. The predicted molar refractivity (Wildman–Crippen MR) is 101 cm³/mol. The summed E-state index contributed by atoms with van der Waals surface area (Å²) in [6, 6.07) is 7.37. The lowest BCUT2D eigenvalue weighted by atomic mass is 9.90. The number of likely N-dealkylation sites (tertiary alicyclic amines) is 1. The Bertz CT molecular complexity index is 776. The highest BCUT2D eigenvalue weighted by Crippen LogP contribution is 2.28. The first-order valence-electron chi connectivity index (χ1n) is 10.1. The Morgan fingerprint density at radius 3 is 2.56 bits per heavy atom. The zero-order chi connectivity index (χ0) is 18.6. The molecule has 144 valence electrons. The van der Waals surface area contributed by atoms with Gasteiger partial charge in [0.15, 0.2) is 5.69 Å². The number of rotatable bonds is 4. The molecule has 6 heteroatoms. The average Bonchev–Trinajstić information content (AvgIpc) is 3.21. The molecule has 0 unspecified atom stereocenters. The minimum atomic E-state index is -0.129. The highest BCUT2D eigenvalue weighted by molar-refractivity contribution is 5.92. The minimum Gasteiger partial charge on any atom is -0.337 e. The first-order chi connectivity index (χ1) is 13.2. The topological polar surface area (TPSA) is 51.0 Å². The quantitative estimate of drug-likeness (QED) is 0.817. The lowest BCUT2D eigenvalue weighted by molar-refractivity contribution is 0.0684. The van der Waals surface area contributed by atoms with E-state index in [1.54, 1.807) is 6.07 Å². The lowest BCUT2D eigenvalue weighted by Crippen LogP contribution is -2.39. The number of hydrogen-bond acceptors (Lipinski definition) is 3. The Kier molecular flexibility index (Phi) is 5.50. The van der Waals surface area contributed by atoms with E-state index in [0.717, 1.165) is 37.7 Å². The second kappa shape index (κ2) is 8.19. The second-order valence-corrected chi connectivity index (χ2v) is 7.91. The summed E-state index contributed by atoms with van der Waals surface area (Å²) in [6.45, 7) is 1.41. The van der Waals surface area contributed by atoms with Crippen LogP contribution in [0.25, 0.3) is 0 Å². The standard InChI is InChI=1S/C21H27FN4O/c22-19-9-5-4-6-17(19)14-16-10-12-25(13-11-16)21(27)20-15-26(24-23-20)18-7-2-1-3-8-18/h4-6,9,15-16,18H,1-3,7-8,10-14H2. The molecule has 2 aromatic rings. The van der Waals surface area contributed by atoms with E-state index in [2.05, 4.69) is 10.3 Å². The van der Waals surface area contributed by atoms with Crippen LogP contribution in [0.4, 0.5) is 4.39 Å². The number of carbonyl (C=O) groups is 1. The van der Waals surface area contributed by atoms with Gasteiger partial charge in [0.25, 0.3) is 5.91 Å². The van der Waals surface area contributed by atoms with Crippen LogP contribution in [0.2, 0.25) is 0 Å². The number of aromatic nitrogens is 3. The zero-order valence-corrected chi connectivity index (χ0v) is 15.7. The Morgan fingerprint density at radius 2 is 1.81 bits per heavy atom. The lowest BCUT2D eigenvalue weighted by Gasteiger charge is -2.31. The maximum Gasteiger partial charge on any atom is 0.276 e. The van der Waals surface area contributed by atoms with Crippen molar-refractivity contribution in [1.29, 1.82) is 0 Å². The van der Waals surface area contributed by atoms with Crippen molar-refractivity contribution in [3.05, 3.63) is 47.5 Å². The van der Waals surface area contributed by atoms with Gasteiger partial charge in [0.1, 0.15) is 5.82 Å². The van der Waals surface area contributed by atoms with Gasteiger partial charge in [-0.3, -0.25) is 4.79 Å². The van der Waals surface area contributed by atoms with Gasteiger partial charge in [-0.25, -0.2) is 9.07 Å². The number of hydrogen-bond donors (Lipinski definition) is 0. The molecule has 0 bridgehead atoms. The van der Waals surface area contributed by atoms with Crippen LogP contribution in [-0.4, -0.2) is 38.9 Å². The van der Waals surface area contributed by atoms with Gasteiger partial charge < -0.3 is 4.90 Å². The molecule has 5 nitrogen and oxygen atoms in total. The fourth-order valence-electron chi connectivity index (χ4n) is 4.38. The molecule has 0 N–H and O–H groups in total. The highest BCUT2D eigenvalue weighted by atomic mass is 19.1. The van der Waals surface area contributed by atoms with Crippen molar-refractivity contribution in [2.45, 2.75) is 57.4 Å². The van der Waals surface area contributed by atoms with Crippen LogP contribution in [0, 0.1) is 11.7 Å². The van der Waals surface area contributed by atoms with Gasteiger partial charge in [-0.2, -0.15) is 0 Å². The smallest absolute Gasteiger partial charge is 0.276 e. The van der Waals surface area contributed by atoms with E-state index >= 15 is 0 Å². The molecule has 0 radical (unpaired) electrons. The zero-order valence-electron chi connectivity index (χ0n) is 15.7.